The number of urea groups is 1. The molecule has 0 aromatic heterocycles. The van der Waals surface area contributed by atoms with Gasteiger partial charge in [0.1, 0.15) is 0 Å². The molecule has 0 bridgehead atoms. The fourth-order valence-electron chi connectivity index (χ4n) is 3.43. The third-order valence-corrected chi connectivity index (χ3v) is 5.06. The van der Waals surface area contributed by atoms with E-state index in [-0.39, 0.29) is 18.2 Å². The van der Waals surface area contributed by atoms with Gasteiger partial charge in [-0.15, -0.1) is 0 Å². The molecule has 2 rings (SSSR count). The summed E-state index contributed by atoms with van der Waals surface area (Å²) in [7, 11) is 0. The predicted molar refractivity (Wildman–Crippen MR) is 101 cm³/mol. The molecule has 0 saturated carbocycles. The van der Waals surface area contributed by atoms with Gasteiger partial charge in [0.25, 0.3) is 0 Å². The SMILES string of the molecule is CC1CCCN(C(C)(C)CNC(=O)N(CCO)Cc2ccccc2)C1. The minimum Gasteiger partial charge on any atom is -0.395 e. The van der Waals surface area contributed by atoms with Crippen LogP contribution in [0.3, 0.4) is 0 Å². The molecule has 1 aromatic rings. The van der Waals surface area contributed by atoms with Gasteiger partial charge < -0.3 is 15.3 Å². The zero-order valence-electron chi connectivity index (χ0n) is 15.9. The highest BCUT2D eigenvalue weighted by Crippen LogP contribution is 2.23. The molecule has 1 atom stereocenters. The summed E-state index contributed by atoms with van der Waals surface area (Å²) < 4.78 is 0. The van der Waals surface area contributed by atoms with E-state index in [1.54, 1.807) is 4.90 Å². The number of aliphatic hydroxyl groups is 1. The average molecular weight is 348 g/mol. The van der Waals surface area contributed by atoms with E-state index in [0.29, 0.717) is 25.6 Å². The maximum atomic E-state index is 12.6. The van der Waals surface area contributed by atoms with Crippen molar-refractivity contribution in [3.05, 3.63) is 35.9 Å². The van der Waals surface area contributed by atoms with Gasteiger partial charge in [-0.05, 0) is 44.7 Å². The summed E-state index contributed by atoms with van der Waals surface area (Å²) in [6, 6.07) is 9.77. The number of nitrogens with one attached hydrogen (secondary N) is 1. The van der Waals surface area contributed by atoms with Crippen molar-refractivity contribution in [1.29, 1.82) is 0 Å². The van der Waals surface area contributed by atoms with Gasteiger partial charge in [-0.25, -0.2) is 4.79 Å². The molecule has 140 valence electrons. The van der Waals surface area contributed by atoms with Crippen molar-refractivity contribution in [3.63, 3.8) is 0 Å². The number of hydrogen-bond acceptors (Lipinski definition) is 3. The second-order valence-electron chi connectivity index (χ2n) is 7.80. The molecule has 1 aliphatic rings. The van der Waals surface area contributed by atoms with E-state index in [2.05, 4.69) is 31.0 Å². The number of carbonyl (C=O) groups excluding carboxylic acids is 1. The molecule has 2 N–H and O–H groups in total. The first kappa shape index (κ1) is 19.7. The lowest BCUT2D eigenvalue weighted by Crippen LogP contribution is -2.56. The van der Waals surface area contributed by atoms with Gasteiger partial charge in [0, 0.05) is 31.7 Å². The Hall–Kier alpha value is -1.59. The zero-order valence-corrected chi connectivity index (χ0v) is 15.9. The van der Waals surface area contributed by atoms with E-state index in [9.17, 15) is 9.90 Å². The Morgan fingerprint density at radius 3 is 2.72 bits per heavy atom. The van der Waals surface area contributed by atoms with Crippen LogP contribution in [0.15, 0.2) is 30.3 Å². The van der Waals surface area contributed by atoms with Gasteiger partial charge in [-0.2, -0.15) is 0 Å². The van der Waals surface area contributed by atoms with E-state index in [1.807, 2.05) is 30.3 Å². The molecule has 1 aliphatic heterocycles. The normalized spacial score (nSPS) is 18.8. The lowest BCUT2D eigenvalue weighted by atomic mass is 9.93. The average Bonchev–Trinajstić information content (AvgIpc) is 2.60. The summed E-state index contributed by atoms with van der Waals surface area (Å²) in [4.78, 5) is 16.8. The summed E-state index contributed by atoms with van der Waals surface area (Å²) >= 11 is 0. The van der Waals surface area contributed by atoms with Gasteiger partial charge in [0.15, 0.2) is 0 Å². The van der Waals surface area contributed by atoms with Crippen LogP contribution in [0.25, 0.3) is 0 Å². The van der Waals surface area contributed by atoms with Crippen LogP contribution in [-0.4, -0.2) is 59.3 Å². The number of amides is 2. The smallest absolute Gasteiger partial charge is 0.317 e. The molecule has 0 radical (unpaired) electrons. The number of carbonyl (C=O) groups is 1. The fourth-order valence-corrected chi connectivity index (χ4v) is 3.43. The van der Waals surface area contributed by atoms with Gasteiger partial charge in [-0.3, -0.25) is 4.90 Å². The van der Waals surface area contributed by atoms with Crippen LogP contribution in [0.5, 0.6) is 0 Å². The molecule has 0 aliphatic carbocycles. The van der Waals surface area contributed by atoms with Crippen LogP contribution in [-0.2, 0) is 6.54 Å². The number of rotatable bonds is 7. The Morgan fingerprint density at radius 2 is 2.08 bits per heavy atom. The first-order valence-corrected chi connectivity index (χ1v) is 9.35. The maximum absolute atomic E-state index is 12.6. The quantitative estimate of drug-likeness (QED) is 0.797. The number of nitrogens with zero attached hydrogens (tertiary/aromatic N) is 2. The summed E-state index contributed by atoms with van der Waals surface area (Å²) in [6.07, 6.45) is 2.52. The molecule has 1 unspecified atom stereocenters. The lowest BCUT2D eigenvalue weighted by molar-refractivity contribution is 0.0706. The Bertz CT molecular complexity index is 533. The number of hydrogen-bond donors (Lipinski definition) is 2. The minimum absolute atomic E-state index is 0.0344. The Morgan fingerprint density at radius 1 is 1.36 bits per heavy atom. The van der Waals surface area contributed by atoms with Crippen molar-refractivity contribution in [2.45, 2.75) is 45.7 Å². The monoisotopic (exact) mass is 347 g/mol. The summed E-state index contributed by atoms with van der Waals surface area (Å²) in [5, 5.41) is 12.4. The molecular weight excluding hydrogens is 314 g/mol. The third kappa shape index (κ3) is 6.01. The molecule has 5 nitrogen and oxygen atoms in total. The Balaban J connectivity index is 1.91. The van der Waals surface area contributed by atoms with Crippen molar-refractivity contribution in [2.75, 3.05) is 32.8 Å². The van der Waals surface area contributed by atoms with Crippen molar-refractivity contribution in [1.82, 2.24) is 15.1 Å². The minimum atomic E-state index is -0.115. The Kier molecular flexibility index (Phi) is 7.26. The second-order valence-corrected chi connectivity index (χ2v) is 7.80. The standard InChI is InChI=1S/C20H33N3O2/c1-17-8-7-11-23(14-17)20(2,3)16-21-19(25)22(12-13-24)15-18-9-5-4-6-10-18/h4-6,9-10,17,24H,7-8,11-16H2,1-3H3,(H,21,25). The van der Waals surface area contributed by atoms with E-state index < -0.39 is 0 Å². The second kappa shape index (κ2) is 9.20. The highest BCUT2D eigenvalue weighted by Gasteiger charge is 2.30. The molecular formula is C20H33N3O2. The number of benzene rings is 1. The van der Waals surface area contributed by atoms with E-state index in [0.717, 1.165) is 18.7 Å². The fraction of sp³-hybridized carbons (Fsp3) is 0.650. The number of aliphatic hydroxyl groups excluding tert-OH is 1. The van der Waals surface area contributed by atoms with Crippen LogP contribution in [0, 0.1) is 5.92 Å². The van der Waals surface area contributed by atoms with Crippen molar-refractivity contribution >= 4 is 6.03 Å². The third-order valence-electron chi connectivity index (χ3n) is 5.06. The first-order chi connectivity index (χ1) is 11.9. The molecule has 1 saturated heterocycles. The van der Waals surface area contributed by atoms with E-state index >= 15 is 0 Å². The first-order valence-electron chi connectivity index (χ1n) is 9.35. The van der Waals surface area contributed by atoms with Crippen molar-refractivity contribution < 1.29 is 9.90 Å². The molecule has 2 amide bonds. The van der Waals surface area contributed by atoms with Gasteiger partial charge in [0.05, 0.1) is 6.61 Å². The van der Waals surface area contributed by atoms with Crippen molar-refractivity contribution in [3.8, 4) is 0 Å². The van der Waals surface area contributed by atoms with Gasteiger partial charge in [-0.1, -0.05) is 37.3 Å². The molecule has 0 spiro atoms. The van der Waals surface area contributed by atoms with Crippen LogP contribution in [0.2, 0.25) is 0 Å². The number of piperidine rings is 1. The largest absolute Gasteiger partial charge is 0.395 e. The highest BCUT2D eigenvalue weighted by atomic mass is 16.3. The van der Waals surface area contributed by atoms with Crippen molar-refractivity contribution in [2.24, 2.45) is 5.92 Å². The predicted octanol–water partition coefficient (Wildman–Crippen LogP) is 2.70. The van der Waals surface area contributed by atoms with Gasteiger partial charge in [0.2, 0.25) is 0 Å². The summed E-state index contributed by atoms with van der Waals surface area (Å²) in [6.45, 7) is 10.3. The molecule has 1 fully saturated rings. The molecule has 5 heteroatoms. The van der Waals surface area contributed by atoms with E-state index in [1.165, 1.54) is 12.8 Å². The maximum Gasteiger partial charge on any atom is 0.317 e. The van der Waals surface area contributed by atoms with E-state index in [4.69, 9.17) is 0 Å². The highest BCUT2D eigenvalue weighted by molar-refractivity contribution is 5.74. The lowest BCUT2D eigenvalue weighted by Gasteiger charge is -2.43. The molecule has 1 aromatic carbocycles. The van der Waals surface area contributed by atoms with Crippen LogP contribution < -0.4 is 5.32 Å². The summed E-state index contributed by atoms with van der Waals surface area (Å²) in [5.41, 5.74) is 0.998. The van der Waals surface area contributed by atoms with Gasteiger partial charge >= 0.3 is 6.03 Å². The van der Waals surface area contributed by atoms with Crippen LogP contribution in [0.4, 0.5) is 4.79 Å². The summed E-state index contributed by atoms with van der Waals surface area (Å²) in [5.74, 6) is 0.715. The number of likely N-dealkylation sites (tertiary alicyclic amines) is 1. The zero-order chi connectivity index (χ0) is 18.3. The van der Waals surface area contributed by atoms with Crippen LogP contribution >= 0.6 is 0 Å². The molecule has 25 heavy (non-hydrogen) atoms. The van der Waals surface area contributed by atoms with Crippen LogP contribution in [0.1, 0.15) is 39.2 Å². The Labute approximate surface area is 152 Å². The topological polar surface area (TPSA) is 55.8 Å². The molecule has 1 heterocycles.